The van der Waals surface area contributed by atoms with E-state index in [4.69, 9.17) is 6.42 Å². The average Bonchev–Trinajstić information content (AvgIpc) is 3.19. The van der Waals surface area contributed by atoms with Crippen molar-refractivity contribution in [2.45, 2.75) is 48.0 Å². The summed E-state index contributed by atoms with van der Waals surface area (Å²) >= 11 is 0. The number of hydrogen-bond donors (Lipinski definition) is 0. The van der Waals surface area contributed by atoms with E-state index >= 15 is 0 Å². The van der Waals surface area contributed by atoms with E-state index in [-0.39, 0.29) is 0 Å². The predicted octanol–water partition coefficient (Wildman–Crippen LogP) is 6.76. The van der Waals surface area contributed by atoms with Crippen LogP contribution >= 0.6 is 7.81 Å². The van der Waals surface area contributed by atoms with Crippen molar-refractivity contribution >= 4 is 7.81 Å². The minimum atomic E-state index is -10.7. The summed E-state index contributed by atoms with van der Waals surface area (Å²) in [5.74, 6) is 3.45. The zero-order valence-electron chi connectivity index (χ0n) is 9.82. The van der Waals surface area contributed by atoms with E-state index in [1.807, 2.05) is 0 Å². The molecule has 10 heterocycles. The normalized spacial score (nSPS) is 107. The molecule has 10 aliphatic heterocycles. The molecule has 10 fully saturated rings. The molecule has 10 saturated heterocycles. The molecule has 1 spiro atoms. The molecule has 20 heavy (non-hydrogen) atoms. The Morgan fingerprint density at radius 3 is 1.10 bits per heavy atom. The van der Waals surface area contributed by atoms with E-state index in [2.05, 4.69) is 5.92 Å². The van der Waals surface area contributed by atoms with E-state index < -0.39 is 14.2 Å². The van der Waals surface area contributed by atoms with Gasteiger partial charge in [-0.1, -0.05) is 0 Å². The third-order valence-electron chi connectivity index (χ3n) is 14.1. The summed E-state index contributed by atoms with van der Waals surface area (Å²) in [5, 5.41) is 0. The van der Waals surface area contributed by atoms with Crippen LogP contribution in [0.1, 0.15) is 0 Å². The van der Waals surface area contributed by atoms with E-state index in [0.29, 0.717) is 0 Å². The van der Waals surface area contributed by atoms with Crippen LogP contribution in [0.25, 0.3) is 0 Å². The van der Waals surface area contributed by atoms with Gasteiger partial charge < -0.3 is 0 Å². The van der Waals surface area contributed by atoms with Gasteiger partial charge in [-0.2, -0.15) is 0 Å². The van der Waals surface area contributed by atoms with Crippen LogP contribution in [-0.4, -0.2) is 0 Å². The van der Waals surface area contributed by atoms with E-state index in [1.165, 1.54) is 43.7 Å². The number of terminal acetylenes is 1. The monoisotopic (exact) mass is 358 g/mol. The molecule has 0 amide bonds. The van der Waals surface area contributed by atoms with Crippen molar-refractivity contribution in [1.29, 1.82) is 0 Å². The van der Waals surface area contributed by atoms with Gasteiger partial charge in [0.25, 0.3) is 0 Å². The maximum atomic E-state index is 9.87. The first kappa shape index (κ1) is 9.27. The summed E-state index contributed by atoms with van der Waals surface area (Å²) in [6.07, 6.45) is 3.34. The van der Waals surface area contributed by atoms with Gasteiger partial charge in [0.2, 0.25) is 0 Å². The van der Waals surface area contributed by atoms with Crippen LogP contribution < -0.4 is 0 Å². The van der Waals surface area contributed by atoms with Gasteiger partial charge in [-0.05, 0) is 0 Å². The summed E-state index contributed by atoms with van der Waals surface area (Å²) in [6.45, 7) is 0. The maximum absolute atomic E-state index is 10.7. The number of hydrogen-bond acceptors (Lipinski definition) is 0. The summed E-state index contributed by atoms with van der Waals surface area (Å²) in [4.78, 5) is 12.5. The molecule has 4 atom stereocenters. The van der Waals surface area contributed by atoms with E-state index in [0.717, 1.165) is 4.35 Å². The molecule has 0 aromatic rings. The fourth-order valence-corrected chi connectivity index (χ4v) is 82.8. The first-order valence-electron chi connectivity index (χ1n) is 6.70. The van der Waals surface area contributed by atoms with Crippen LogP contribution in [-0.2, 0) is 6.37 Å². The molecule has 0 aromatic heterocycles. The molecule has 0 radical (unpaired) electrons. The molecule has 0 nitrogen and oxygen atoms in total. The third kappa shape index (κ3) is 0.113. The number of halogens is 6. The Morgan fingerprint density at radius 2 is 1.05 bits per heavy atom. The topological polar surface area (TPSA) is 0 Å². The van der Waals surface area contributed by atoms with Gasteiger partial charge in [-0.15, -0.1) is 0 Å². The molecule has 0 N–H and O–H groups in total. The fourth-order valence-electron chi connectivity index (χ4n) is 15.6. The number of fused-ring (bicyclic) bond motifs is 10. The van der Waals surface area contributed by atoms with Crippen molar-refractivity contribution < 1.29 is 31.5 Å². The molecule has 4 unspecified atom stereocenters. The van der Waals surface area contributed by atoms with Crippen LogP contribution in [0.15, 0.2) is 0 Å². The summed E-state index contributed by atoms with van der Waals surface area (Å²) in [5.41, 5.74) is 0. The second-order valence-electron chi connectivity index (χ2n) is 10.4. The van der Waals surface area contributed by atoms with E-state index in [1.54, 1.807) is 0 Å². The predicted molar refractivity (Wildman–Crippen MR) is 58.8 cm³/mol. The van der Waals surface area contributed by atoms with Gasteiger partial charge in [0.1, 0.15) is 0 Å². The zero-order valence-corrected chi connectivity index (χ0v) is 11.8. The Morgan fingerprint density at radius 1 is 0.750 bits per heavy atom. The summed E-state index contributed by atoms with van der Waals surface area (Å²) < 4.78 is 60.0. The Labute approximate surface area is 100.0 Å². The Balaban J connectivity index is 0.000000101. The van der Waals surface area contributed by atoms with Gasteiger partial charge in [0.05, 0.1) is 0 Å². The van der Waals surface area contributed by atoms with Crippen molar-refractivity contribution in [2.75, 3.05) is 0 Å². The second kappa shape index (κ2) is 0.704. The van der Waals surface area contributed by atoms with Crippen LogP contribution in [0.3, 0.4) is 0 Å². The van der Waals surface area contributed by atoms with Crippen molar-refractivity contribution in [3.05, 3.63) is 0 Å². The molecular weight excluding hydrogens is 348 g/mol. The molecule has 0 bridgehead atoms. The van der Waals surface area contributed by atoms with Crippen LogP contribution in [0, 0.1) is 12.3 Å². The molecule has 0 aromatic carbocycles. The van der Waals surface area contributed by atoms with Crippen LogP contribution in [0.5, 0.6) is 0 Å². The molecule has 115 valence electrons. The Kier molecular flexibility index (Phi) is 0.326. The van der Waals surface area contributed by atoms with Crippen LogP contribution in [0.4, 0.5) is 25.2 Å². The molecule has 10 rings (SSSR count). The fraction of sp³-hybridized carbons (Fsp3) is 0.833. The van der Waals surface area contributed by atoms with Gasteiger partial charge in [0.15, 0.2) is 0 Å². The molecular formula is C12H10CoF6P-. The van der Waals surface area contributed by atoms with E-state index in [9.17, 15) is 25.2 Å². The zero-order chi connectivity index (χ0) is 14.1. The molecule has 0 aliphatic carbocycles. The second-order valence-corrected chi connectivity index (χ2v) is 34.5. The SMILES string of the molecule is C#C[C]12[CH]3[CH]4[CH]5[CH]1[Co]45321678[CH]2[CH]1[CH]6[CH]7[CH]28.F[P-](F)(F)(F)(F)F. The van der Waals surface area contributed by atoms with Crippen molar-refractivity contribution in [2.24, 2.45) is 0 Å². The van der Waals surface area contributed by atoms with Gasteiger partial charge >= 0.3 is 99.7 Å². The Hall–Kier alpha value is 0.0765. The van der Waals surface area contributed by atoms with Gasteiger partial charge in [-0.3, -0.25) is 0 Å². The van der Waals surface area contributed by atoms with Gasteiger partial charge in [-0.25, -0.2) is 0 Å². The standard InChI is InChI=1S/C7H5.C5H5.Co.F6P/c1-2-7-5-3-4-6-7;1-2-4-5-3-1;;1-7(2,3,4,5)6/h1,3-6H;1-5H;;/q;;;-1. The molecule has 10 aliphatic rings. The first-order valence-corrected chi connectivity index (χ1v) is 14.7. The molecule has 0 saturated carbocycles. The first-order chi connectivity index (χ1) is 8.56. The van der Waals surface area contributed by atoms with Crippen LogP contribution in [0.2, 0.25) is 48.0 Å². The Bertz CT molecular complexity index is 1040. The number of rotatable bonds is 0. The van der Waals surface area contributed by atoms with Crippen molar-refractivity contribution in [1.82, 2.24) is 0 Å². The quantitative estimate of drug-likeness (QED) is 0.255. The van der Waals surface area contributed by atoms with Crippen molar-refractivity contribution in [3.8, 4) is 12.3 Å². The minimum absolute atomic E-state index is 0.757. The summed E-state index contributed by atoms with van der Waals surface area (Å²) in [6, 6.07) is 0. The molecule has 8 heteroatoms. The average molecular weight is 358 g/mol. The summed E-state index contributed by atoms with van der Waals surface area (Å²) in [7, 11) is -10.7. The van der Waals surface area contributed by atoms with Gasteiger partial charge in [0, 0.05) is 0 Å². The third-order valence-corrected chi connectivity index (χ3v) is 53.9. The van der Waals surface area contributed by atoms with Crippen molar-refractivity contribution in [3.63, 3.8) is 0 Å².